The highest BCUT2D eigenvalue weighted by atomic mass is 19.2. The second-order valence-electron chi connectivity index (χ2n) is 2.67. The van der Waals surface area contributed by atoms with Crippen molar-refractivity contribution in [3.63, 3.8) is 0 Å². The van der Waals surface area contributed by atoms with Gasteiger partial charge in [-0.3, -0.25) is 0 Å². The van der Waals surface area contributed by atoms with Gasteiger partial charge < -0.3 is 0 Å². The lowest BCUT2D eigenvalue weighted by atomic mass is 10.1. The molecule has 0 amide bonds. The van der Waals surface area contributed by atoms with Gasteiger partial charge >= 0.3 is 0 Å². The molecule has 3 atom stereocenters. The summed E-state index contributed by atoms with van der Waals surface area (Å²) in [4.78, 5) is 0. The summed E-state index contributed by atoms with van der Waals surface area (Å²) in [6, 6.07) is 0. The Morgan fingerprint density at radius 2 is 1.55 bits per heavy atom. The van der Waals surface area contributed by atoms with E-state index in [1.54, 1.807) is 6.92 Å². The highest BCUT2D eigenvalue weighted by Gasteiger charge is 2.27. The third-order valence-electron chi connectivity index (χ3n) is 1.65. The van der Waals surface area contributed by atoms with E-state index in [9.17, 15) is 13.2 Å². The van der Waals surface area contributed by atoms with Crippen LogP contribution in [0.4, 0.5) is 13.2 Å². The van der Waals surface area contributed by atoms with Gasteiger partial charge in [-0.15, -0.1) is 0 Å². The smallest absolute Gasteiger partial charge is 0.162 e. The monoisotopic (exact) mass is 168 g/mol. The normalized spacial score (nSPS) is 19.4. The van der Waals surface area contributed by atoms with Gasteiger partial charge in [-0.2, -0.15) is 0 Å². The van der Waals surface area contributed by atoms with Crippen molar-refractivity contribution in [1.29, 1.82) is 0 Å². The van der Waals surface area contributed by atoms with E-state index in [0.29, 0.717) is 6.42 Å². The molecule has 0 radical (unpaired) electrons. The molecule has 0 aliphatic carbocycles. The Balaban J connectivity index is 3.70. The van der Waals surface area contributed by atoms with E-state index in [1.807, 2.05) is 0 Å². The molecule has 0 nitrogen and oxygen atoms in total. The molecule has 0 fully saturated rings. The van der Waals surface area contributed by atoms with Crippen LogP contribution in [-0.4, -0.2) is 18.5 Å². The van der Waals surface area contributed by atoms with E-state index in [1.165, 1.54) is 6.92 Å². The fourth-order valence-electron chi connectivity index (χ4n) is 0.887. The molecule has 0 aromatic heterocycles. The van der Waals surface area contributed by atoms with Crippen LogP contribution in [0.5, 0.6) is 0 Å². The lowest BCUT2D eigenvalue weighted by molar-refractivity contribution is 0.0749. The van der Waals surface area contributed by atoms with Crippen LogP contribution in [-0.2, 0) is 0 Å². The minimum Gasteiger partial charge on any atom is -0.244 e. The third kappa shape index (κ3) is 3.63. The molecule has 0 saturated heterocycles. The molecule has 0 bridgehead atoms. The molecule has 0 heterocycles. The molecule has 3 unspecified atom stereocenters. The summed E-state index contributed by atoms with van der Waals surface area (Å²) in [5, 5.41) is 0. The van der Waals surface area contributed by atoms with Gasteiger partial charge in [0.2, 0.25) is 0 Å². The van der Waals surface area contributed by atoms with E-state index in [0.717, 1.165) is 0 Å². The van der Waals surface area contributed by atoms with Gasteiger partial charge in [0.25, 0.3) is 0 Å². The molecule has 0 aromatic carbocycles. The van der Waals surface area contributed by atoms with Crippen LogP contribution in [0.2, 0.25) is 0 Å². The molecule has 68 valence electrons. The van der Waals surface area contributed by atoms with Crippen molar-refractivity contribution in [3.8, 4) is 0 Å². The van der Waals surface area contributed by atoms with Crippen LogP contribution in [0.1, 0.15) is 33.1 Å². The zero-order chi connectivity index (χ0) is 8.85. The second-order valence-corrected chi connectivity index (χ2v) is 2.67. The number of hydrogen-bond donors (Lipinski definition) is 0. The minimum absolute atomic E-state index is 0.0469. The van der Waals surface area contributed by atoms with Crippen LogP contribution in [0, 0.1) is 0 Å². The average molecular weight is 168 g/mol. The second kappa shape index (κ2) is 5.44. The number of hydrogen-bond acceptors (Lipinski definition) is 0. The van der Waals surface area contributed by atoms with Gasteiger partial charge in [-0.1, -0.05) is 20.3 Å². The Labute approximate surface area is 65.8 Å². The number of rotatable bonds is 5. The quantitative estimate of drug-likeness (QED) is 0.591. The third-order valence-corrected chi connectivity index (χ3v) is 1.65. The first-order valence-electron chi connectivity index (χ1n) is 4.05. The van der Waals surface area contributed by atoms with E-state index in [-0.39, 0.29) is 12.8 Å². The summed E-state index contributed by atoms with van der Waals surface area (Å²) in [5.41, 5.74) is 0. The highest BCUT2D eigenvalue weighted by molar-refractivity contribution is 4.74. The van der Waals surface area contributed by atoms with Crippen molar-refractivity contribution in [2.75, 3.05) is 0 Å². The number of halogens is 3. The van der Waals surface area contributed by atoms with E-state index >= 15 is 0 Å². The summed E-state index contributed by atoms with van der Waals surface area (Å²) < 4.78 is 37.7. The molecular weight excluding hydrogens is 153 g/mol. The van der Waals surface area contributed by atoms with Crippen LogP contribution >= 0.6 is 0 Å². The zero-order valence-corrected chi connectivity index (χ0v) is 6.99. The molecule has 11 heavy (non-hydrogen) atoms. The van der Waals surface area contributed by atoms with Crippen molar-refractivity contribution in [3.05, 3.63) is 0 Å². The fourth-order valence-corrected chi connectivity index (χ4v) is 0.887. The summed E-state index contributed by atoms with van der Waals surface area (Å²) >= 11 is 0. The Morgan fingerprint density at radius 1 is 1.00 bits per heavy atom. The molecular formula is C8H15F3. The van der Waals surface area contributed by atoms with Crippen LogP contribution < -0.4 is 0 Å². The van der Waals surface area contributed by atoms with E-state index < -0.39 is 18.5 Å². The summed E-state index contributed by atoms with van der Waals surface area (Å²) in [5.74, 6) is 0. The lowest BCUT2D eigenvalue weighted by Gasteiger charge is -2.15. The Morgan fingerprint density at radius 3 is 1.91 bits per heavy atom. The van der Waals surface area contributed by atoms with Crippen molar-refractivity contribution < 1.29 is 13.2 Å². The predicted octanol–water partition coefficient (Wildman–Crippen LogP) is 3.21. The summed E-state index contributed by atoms with van der Waals surface area (Å²) in [7, 11) is 0. The first-order chi connectivity index (χ1) is 5.13. The van der Waals surface area contributed by atoms with Gasteiger partial charge in [-0.05, 0) is 12.8 Å². The minimum atomic E-state index is -1.93. The largest absolute Gasteiger partial charge is 0.244 e. The van der Waals surface area contributed by atoms with E-state index in [4.69, 9.17) is 0 Å². The molecule has 0 aliphatic heterocycles. The summed E-state index contributed by atoms with van der Waals surface area (Å²) in [6.07, 6.45) is -4.49. The molecule has 3 heteroatoms. The highest BCUT2D eigenvalue weighted by Crippen LogP contribution is 2.18. The maximum absolute atomic E-state index is 12.6. The van der Waals surface area contributed by atoms with Gasteiger partial charge in [-0.25, -0.2) is 13.2 Å². The molecule has 0 saturated carbocycles. The maximum atomic E-state index is 12.6. The molecule has 0 N–H and O–H groups in total. The number of alkyl halides is 3. The van der Waals surface area contributed by atoms with Gasteiger partial charge in [0.1, 0.15) is 12.3 Å². The van der Waals surface area contributed by atoms with Crippen LogP contribution in [0.25, 0.3) is 0 Å². The topological polar surface area (TPSA) is 0 Å². The maximum Gasteiger partial charge on any atom is 0.162 e. The fraction of sp³-hybridized carbons (Fsp3) is 1.00. The van der Waals surface area contributed by atoms with Crippen molar-refractivity contribution in [1.82, 2.24) is 0 Å². The van der Waals surface area contributed by atoms with Gasteiger partial charge in [0.15, 0.2) is 6.17 Å². The lowest BCUT2D eigenvalue weighted by Crippen LogP contribution is -2.27. The van der Waals surface area contributed by atoms with Crippen LogP contribution in [0.15, 0.2) is 0 Å². The molecule has 0 aromatic rings. The van der Waals surface area contributed by atoms with Gasteiger partial charge in [0.05, 0.1) is 0 Å². The van der Waals surface area contributed by atoms with Crippen molar-refractivity contribution >= 4 is 0 Å². The van der Waals surface area contributed by atoms with E-state index in [2.05, 4.69) is 0 Å². The predicted molar refractivity (Wildman–Crippen MR) is 39.9 cm³/mol. The molecule has 0 aliphatic rings. The SMILES string of the molecule is CCCC(F)C(F)C(F)CC. The first-order valence-corrected chi connectivity index (χ1v) is 4.05. The Bertz CT molecular complexity index is 95.3. The standard InChI is InChI=1S/C8H15F3/c1-3-5-7(10)8(11)6(9)4-2/h6-8H,3-5H2,1-2H3. The van der Waals surface area contributed by atoms with Crippen molar-refractivity contribution in [2.45, 2.75) is 51.6 Å². The zero-order valence-electron chi connectivity index (χ0n) is 6.99. The van der Waals surface area contributed by atoms with Gasteiger partial charge in [0, 0.05) is 0 Å². The van der Waals surface area contributed by atoms with Crippen molar-refractivity contribution in [2.24, 2.45) is 0 Å². The average Bonchev–Trinajstić information content (AvgIpc) is 2.02. The van der Waals surface area contributed by atoms with Crippen LogP contribution in [0.3, 0.4) is 0 Å². The molecule has 0 rings (SSSR count). The summed E-state index contributed by atoms with van der Waals surface area (Å²) in [6.45, 7) is 3.26. The first kappa shape index (κ1) is 10.8. The Hall–Kier alpha value is -0.210. The molecule has 0 spiro atoms. The Kier molecular flexibility index (Phi) is 5.34.